The number of aryl methyl sites for hydroxylation is 1. The predicted octanol–water partition coefficient (Wildman–Crippen LogP) is 3.78. The van der Waals surface area contributed by atoms with Gasteiger partial charge in [-0.15, -0.1) is 0 Å². The van der Waals surface area contributed by atoms with Crippen LogP contribution in [0.4, 0.5) is 23.2 Å². The van der Waals surface area contributed by atoms with Crippen LogP contribution in [-0.2, 0) is 6.42 Å². The molecule has 0 unspecified atom stereocenters. The first-order chi connectivity index (χ1) is 7.36. The Kier molecular flexibility index (Phi) is 4.07. The van der Waals surface area contributed by atoms with E-state index in [1.54, 1.807) is 0 Å². The van der Waals surface area contributed by atoms with Crippen LogP contribution in [0.5, 0.6) is 0 Å². The smallest absolute Gasteiger partial charge is 0.357 e. The van der Waals surface area contributed by atoms with Crippen molar-refractivity contribution in [1.82, 2.24) is 0 Å². The standard InChI is InChI=1S/C10H11F4NS/c1-2-6-5-7(3-4-8(6)15)16-10(13,14)9(11)12/h3-5,9H,2,15H2,1H3. The van der Waals surface area contributed by atoms with E-state index in [9.17, 15) is 17.6 Å². The van der Waals surface area contributed by atoms with Crippen molar-refractivity contribution in [3.05, 3.63) is 23.8 Å². The molecule has 0 aromatic heterocycles. The van der Waals surface area contributed by atoms with Gasteiger partial charge in [-0.05, 0) is 41.9 Å². The Morgan fingerprint density at radius 3 is 2.50 bits per heavy atom. The molecule has 0 aliphatic rings. The van der Waals surface area contributed by atoms with E-state index in [0.29, 0.717) is 17.7 Å². The second-order valence-corrected chi connectivity index (χ2v) is 4.40. The van der Waals surface area contributed by atoms with Gasteiger partial charge in [0.15, 0.2) is 0 Å². The molecule has 0 saturated carbocycles. The van der Waals surface area contributed by atoms with Crippen molar-refractivity contribution in [2.75, 3.05) is 5.73 Å². The van der Waals surface area contributed by atoms with Gasteiger partial charge in [-0.25, -0.2) is 8.78 Å². The molecule has 0 fully saturated rings. The molecule has 1 rings (SSSR count). The topological polar surface area (TPSA) is 26.0 Å². The summed E-state index contributed by atoms with van der Waals surface area (Å²) in [7, 11) is 0. The summed E-state index contributed by atoms with van der Waals surface area (Å²) in [6, 6.07) is 4.18. The molecule has 0 atom stereocenters. The van der Waals surface area contributed by atoms with Crippen LogP contribution in [0.25, 0.3) is 0 Å². The molecule has 90 valence electrons. The van der Waals surface area contributed by atoms with Gasteiger partial charge in [0.2, 0.25) is 0 Å². The Morgan fingerprint density at radius 1 is 1.38 bits per heavy atom. The highest BCUT2D eigenvalue weighted by Crippen LogP contribution is 2.41. The maximum atomic E-state index is 12.8. The van der Waals surface area contributed by atoms with Gasteiger partial charge in [0.1, 0.15) is 0 Å². The largest absolute Gasteiger partial charge is 0.399 e. The summed E-state index contributed by atoms with van der Waals surface area (Å²) in [6.07, 6.45) is -3.11. The number of alkyl halides is 4. The third-order valence-electron chi connectivity index (χ3n) is 2.00. The number of thioether (sulfide) groups is 1. The molecule has 2 N–H and O–H groups in total. The molecule has 0 aliphatic heterocycles. The maximum Gasteiger partial charge on any atom is 0.357 e. The Bertz CT molecular complexity index is 368. The van der Waals surface area contributed by atoms with E-state index in [-0.39, 0.29) is 16.7 Å². The minimum absolute atomic E-state index is 0.0938. The lowest BCUT2D eigenvalue weighted by Crippen LogP contribution is -2.21. The molecule has 16 heavy (non-hydrogen) atoms. The first-order valence-electron chi connectivity index (χ1n) is 4.60. The molecule has 1 aromatic rings. The van der Waals surface area contributed by atoms with Crippen LogP contribution in [0, 0.1) is 0 Å². The predicted molar refractivity (Wildman–Crippen MR) is 57.0 cm³/mol. The van der Waals surface area contributed by atoms with Crippen LogP contribution in [0.3, 0.4) is 0 Å². The SMILES string of the molecule is CCc1cc(SC(F)(F)C(F)F)ccc1N. The van der Waals surface area contributed by atoms with Crippen molar-refractivity contribution < 1.29 is 17.6 Å². The number of benzene rings is 1. The average molecular weight is 253 g/mol. The summed E-state index contributed by atoms with van der Waals surface area (Å²) < 4.78 is 49.4. The van der Waals surface area contributed by atoms with E-state index in [4.69, 9.17) is 5.73 Å². The van der Waals surface area contributed by atoms with Gasteiger partial charge in [0.25, 0.3) is 0 Å². The van der Waals surface area contributed by atoms with E-state index in [2.05, 4.69) is 0 Å². The Balaban J connectivity index is 2.90. The second kappa shape index (κ2) is 4.95. The molecular weight excluding hydrogens is 242 g/mol. The Hall–Kier alpha value is -0.910. The zero-order valence-corrected chi connectivity index (χ0v) is 9.33. The second-order valence-electron chi connectivity index (χ2n) is 3.18. The van der Waals surface area contributed by atoms with Crippen LogP contribution in [0.15, 0.2) is 23.1 Å². The summed E-state index contributed by atoms with van der Waals surface area (Å²) in [5, 5.41) is -4.07. The quantitative estimate of drug-likeness (QED) is 0.502. The molecular formula is C10H11F4NS. The lowest BCUT2D eigenvalue weighted by molar-refractivity contribution is -0.0563. The van der Waals surface area contributed by atoms with Gasteiger partial charge < -0.3 is 5.73 Å². The number of anilines is 1. The minimum Gasteiger partial charge on any atom is -0.399 e. The van der Waals surface area contributed by atoms with E-state index >= 15 is 0 Å². The minimum atomic E-state index is -4.07. The van der Waals surface area contributed by atoms with Crippen LogP contribution in [-0.4, -0.2) is 11.7 Å². The third-order valence-corrected chi connectivity index (χ3v) is 2.94. The first-order valence-corrected chi connectivity index (χ1v) is 5.42. The summed E-state index contributed by atoms with van der Waals surface area (Å²) in [4.78, 5) is 0.0938. The molecule has 0 bridgehead atoms. The van der Waals surface area contributed by atoms with Crippen molar-refractivity contribution in [3.8, 4) is 0 Å². The van der Waals surface area contributed by atoms with Crippen molar-refractivity contribution >= 4 is 17.4 Å². The highest BCUT2D eigenvalue weighted by atomic mass is 32.2. The van der Waals surface area contributed by atoms with E-state index in [1.165, 1.54) is 18.2 Å². The number of rotatable bonds is 4. The molecule has 0 heterocycles. The van der Waals surface area contributed by atoms with E-state index < -0.39 is 11.7 Å². The van der Waals surface area contributed by atoms with Crippen LogP contribution in [0.2, 0.25) is 0 Å². The van der Waals surface area contributed by atoms with E-state index in [0.717, 1.165) is 0 Å². The number of nitrogen functional groups attached to an aromatic ring is 1. The van der Waals surface area contributed by atoms with Gasteiger partial charge in [-0.2, -0.15) is 8.78 Å². The maximum absolute atomic E-state index is 12.8. The fourth-order valence-corrected chi connectivity index (χ4v) is 1.89. The highest BCUT2D eigenvalue weighted by Gasteiger charge is 2.41. The van der Waals surface area contributed by atoms with Crippen molar-refractivity contribution in [3.63, 3.8) is 0 Å². The van der Waals surface area contributed by atoms with Gasteiger partial charge in [-0.1, -0.05) is 6.92 Å². The molecule has 0 radical (unpaired) electrons. The summed E-state index contributed by atoms with van der Waals surface area (Å²) in [5.74, 6) is 0. The number of halogens is 4. The average Bonchev–Trinajstić information content (AvgIpc) is 2.20. The summed E-state index contributed by atoms with van der Waals surface area (Å²) in [6.45, 7) is 1.81. The Labute approximate surface area is 95.0 Å². The monoisotopic (exact) mass is 253 g/mol. The molecule has 1 aromatic carbocycles. The molecule has 6 heteroatoms. The summed E-state index contributed by atoms with van der Waals surface area (Å²) in [5.41, 5.74) is 6.73. The zero-order valence-electron chi connectivity index (χ0n) is 8.51. The van der Waals surface area contributed by atoms with Gasteiger partial charge >= 0.3 is 11.7 Å². The van der Waals surface area contributed by atoms with Gasteiger partial charge in [0.05, 0.1) is 0 Å². The molecule has 0 amide bonds. The molecule has 0 spiro atoms. The van der Waals surface area contributed by atoms with Crippen molar-refractivity contribution in [2.45, 2.75) is 29.9 Å². The Morgan fingerprint density at radius 2 is 2.00 bits per heavy atom. The van der Waals surface area contributed by atoms with Crippen LogP contribution in [0.1, 0.15) is 12.5 Å². The van der Waals surface area contributed by atoms with E-state index in [1.807, 2.05) is 6.92 Å². The first kappa shape index (κ1) is 13.2. The fraction of sp³-hybridized carbons (Fsp3) is 0.400. The number of hydrogen-bond acceptors (Lipinski definition) is 2. The lowest BCUT2D eigenvalue weighted by atomic mass is 10.1. The highest BCUT2D eigenvalue weighted by molar-refractivity contribution is 8.00. The lowest BCUT2D eigenvalue weighted by Gasteiger charge is -2.15. The van der Waals surface area contributed by atoms with Gasteiger partial charge in [0, 0.05) is 10.6 Å². The number of hydrogen-bond donors (Lipinski definition) is 1. The molecule has 1 nitrogen and oxygen atoms in total. The van der Waals surface area contributed by atoms with Crippen LogP contribution < -0.4 is 5.73 Å². The zero-order chi connectivity index (χ0) is 12.3. The fourth-order valence-electron chi connectivity index (χ4n) is 1.15. The third kappa shape index (κ3) is 3.04. The van der Waals surface area contributed by atoms with Gasteiger partial charge in [-0.3, -0.25) is 0 Å². The number of nitrogens with two attached hydrogens (primary N) is 1. The van der Waals surface area contributed by atoms with Crippen molar-refractivity contribution in [1.29, 1.82) is 0 Å². The molecule has 0 saturated heterocycles. The summed E-state index contributed by atoms with van der Waals surface area (Å²) >= 11 is -0.147. The normalized spacial score (nSPS) is 12.1. The van der Waals surface area contributed by atoms with Crippen LogP contribution >= 0.6 is 11.8 Å². The van der Waals surface area contributed by atoms with Crippen molar-refractivity contribution in [2.24, 2.45) is 0 Å². The molecule has 0 aliphatic carbocycles.